The highest BCUT2D eigenvalue weighted by atomic mass is 16.3. The number of hydrogen-bond donors (Lipinski definition) is 3. The number of rotatable bonds is 7. The summed E-state index contributed by atoms with van der Waals surface area (Å²) in [6.07, 6.45) is 6.20. The van der Waals surface area contributed by atoms with E-state index in [4.69, 9.17) is 0 Å². The Balaban J connectivity index is 1.93. The lowest BCUT2D eigenvalue weighted by molar-refractivity contribution is -0.117. The molecule has 1 aromatic carbocycles. The van der Waals surface area contributed by atoms with E-state index in [1.54, 1.807) is 6.92 Å². The molecule has 208 valence electrons. The molecular weight excluding hydrogens is 490 g/mol. The molecule has 7 heteroatoms. The summed E-state index contributed by atoms with van der Waals surface area (Å²) >= 11 is 0. The molecule has 0 aliphatic heterocycles. The zero-order valence-electron chi connectivity index (χ0n) is 24.1. The van der Waals surface area contributed by atoms with Gasteiger partial charge >= 0.3 is 0 Å². The smallest absolute Gasteiger partial charge is 0.251 e. The summed E-state index contributed by atoms with van der Waals surface area (Å²) < 4.78 is 0. The second-order valence-corrected chi connectivity index (χ2v) is 11.6. The van der Waals surface area contributed by atoms with Gasteiger partial charge in [-0.15, -0.1) is 0 Å². The first kappa shape index (κ1) is 28.8. The number of ketones is 1. The highest BCUT2D eigenvalue weighted by molar-refractivity contribution is 6.14. The van der Waals surface area contributed by atoms with Crippen molar-refractivity contribution in [2.75, 3.05) is 21.1 Å². The van der Waals surface area contributed by atoms with Crippen LogP contribution in [0.1, 0.15) is 73.0 Å². The van der Waals surface area contributed by atoms with E-state index in [1.165, 1.54) is 7.05 Å². The Kier molecular flexibility index (Phi) is 7.93. The van der Waals surface area contributed by atoms with E-state index in [2.05, 4.69) is 24.9 Å². The topological polar surface area (TPSA) is 114 Å². The van der Waals surface area contributed by atoms with Crippen molar-refractivity contribution < 1.29 is 19.8 Å². The zero-order chi connectivity index (χ0) is 28.8. The first-order valence-corrected chi connectivity index (χ1v) is 14.0. The third-order valence-electron chi connectivity index (χ3n) is 9.15. The number of benzene rings is 1. The molecule has 4 atom stereocenters. The number of Topliss-reactive ketones (excluding diaryl/α,β-unsaturated/α-hetero) is 1. The fraction of sp³-hybridized carbons (Fsp3) is 0.531. The van der Waals surface area contributed by atoms with E-state index in [1.807, 2.05) is 32.0 Å². The van der Waals surface area contributed by atoms with Crippen molar-refractivity contribution >= 4 is 11.7 Å². The van der Waals surface area contributed by atoms with Crippen LogP contribution in [0.25, 0.3) is 0 Å². The van der Waals surface area contributed by atoms with Gasteiger partial charge in [-0.25, -0.2) is 0 Å². The van der Waals surface area contributed by atoms with Crippen LogP contribution in [0.2, 0.25) is 0 Å². The van der Waals surface area contributed by atoms with Crippen LogP contribution in [0.4, 0.5) is 0 Å². The first-order valence-electron chi connectivity index (χ1n) is 14.0. The molecule has 1 aromatic rings. The van der Waals surface area contributed by atoms with Crippen molar-refractivity contribution in [2.45, 2.75) is 77.4 Å². The Hall–Kier alpha value is -3.21. The van der Waals surface area contributed by atoms with Gasteiger partial charge in [0.1, 0.15) is 11.4 Å². The Morgan fingerprint density at radius 2 is 1.97 bits per heavy atom. The van der Waals surface area contributed by atoms with E-state index in [9.17, 15) is 25.1 Å². The van der Waals surface area contributed by atoms with Crippen LogP contribution in [-0.4, -0.2) is 59.6 Å². The molecule has 3 aliphatic rings. The molecule has 39 heavy (non-hydrogen) atoms. The summed E-state index contributed by atoms with van der Waals surface area (Å²) in [6, 6.07) is 3.84. The molecule has 7 nitrogen and oxygen atoms in total. The Bertz CT molecular complexity index is 1350. The number of likely N-dealkylation sites (N-methyl/N-ethyl adjacent to an activating group) is 2. The predicted octanol–water partition coefficient (Wildman–Crippen LogP) is 4.31. The van der Waals surface area contributed by atoms with Crippen LogP contribution >= 0.6 is 0 Å². The standard InChI is InChI=1S/C32H41N3O4/c1-8-9-10-11-12-20-13-17(2)29(36)27-22(20)14-21-15-23-28(35(6)7)18(3)25(31(38)34-5)19(4)32(23,39)24(16-33)26(21)30(27)37/h13,21,23,28,36,39H,4,8-12,14-15H2,1-3,5-7H3,(H,34,38)/t21?,23?,28-,32+/m1/s1. The van der Waals surface area contributed by atoms with Gasteiger partial charge < -0.3 is 20.4 Å². The summed E-state index contributed by atoms with van der Waals surface area (Å²) in [4.78, 5) is 29.1. The number of nitrogens with zero attached hydrogens (tertiary/aromatic N) is 2. The normalized spacial score (nSPS) is 26.3. The SMILES string of the molecule is C=C1C(C(=O)NC)=C(C)[C@@H](N(C)C)C2CC3Cc4c(CCCCCC)cc(C)c(O)c4C(=O)C3=C(C#N)[C@]12O. The Labute approximate surface area is 231 Å². The van der Waals surface area contributed by atoms with Crippen LogP contribution in [-0.2, 0) is 17.6 Å². The third kappa shape index (κ3) is 4.34. The average molecular weight is 532 g/mol. The minimum Gasteiger partial charge on any atom is -0.507 e. The van der Waals surface area contributed by atoms with Gasteiger partial charge in [0, 0.05) is 30.2 Å². The first-order chi connectivity index (χ1) is 18.4. The quantitative estimate of drug-likeness (QED) is 0.452. The van der Waals surface area contributed by atoms with E-state index in [-0.39, 0.29) is 51.5 Å². The van der Waals surface area contributed by atoms with Gasteiger partial charge in [0.2, 0.25) is 0 Å². The lowest BCUT2D eigenvalue weighted by atomic mass is 9.54. The summed E-state index contributed by atoms with van der Waals surface area (Å²) in [5, 5.41) is 36.6. The highest BCUT2D eigenvalue weighted by Crippen LogP contribution is 2.56. The highest BCUT2D eigenvalue weighted by Gasteiger charge is 2.59. The lowest BCUT2D eigenvalue weighted by Gasteiger charge is -2.53. The molecule has 0 bridgehead atoms. The molecule has 0 saturated carbocycles. The van der Waals surface area contributed by atoms with Crippen LogP contribution in [0.3, 0.4) is 0 Å². The molecule has 2 unspecified atom stereocenters. The number of allylic oxidation sites excluding steroid dienone is 1. The largest absolute Gasteiger partial charge is 0.507 e. The number of carbonyl (C=O) groups is 2. The molecule has 3 aliphatic carbocycles. The number of carbonyl (C=O) groups excluding carboxylic acids is 2. The maximum Gasteiger partial charge on any atom is 0.251 e. The minimum absolute atomic E-state index is 0.0458. The number of phenols is 1. The molecule has 0 aromatic heterocycles. The summed E-state index contributed by atoms with van der Waals surface area (Å²) in [7, 11) is 5.31. The number of amides is 1. The molecule has 0 spiro atoms. The van der Waals surface area contributed by atoms with Crippen LogP contribution in [0, 0.1) is 30.1 Å². The fourth-order valence-electron chi connectivity index (χ4n) is 7.36. The Morgan fingerprint density at radius 1 is 1.28 bits per heavy atom. The van der Waals surface area contributed by atoms with Gasteiger partial charge in [-0.3, -0.25) is 9.59 Å². The average Bonchev–Trinajstić information content (AvgIpc) is 2.89. The number of nitrogens with one attached hydrogen (secondary N) is 1. The zero-order valence-corrected chi connectivity index (χ0v) is 24.1. The molecule has 0 saturated heterocycles. The maximum atomic E-state index is 14.2. The number of unbranched alkanes of at least 4 members (excludes halogenated alkanes) is 3. The molecule has 0 fully saturated rings. The summed E-state index contributed by atoms with van der Waals surface area (Å²) in [5.41, 5.74) is 2.35. The van der Waals surface area contributed by atoms with E-state index in [0.29, 0.717) is 18.4 Å². The minimum atomic E-state index is -1.88. The molecule has 1 amide bonds. The number of aryl methyl sites for hydroxylation is 2. The van der Waals surface area contributed by atoms with Crippen molar-refractivity contribution in [3.63, 3.8) is 0 Å². The molecule has 0 radical (unpaired) electrons. The van der Waals surface area contributed by atoms with Crippen LogP contribution < -0.4 is 5.32 Å². The number of aliphatic hydroxyl groups is 1. The van der Waals surface area contributed by atoms with Crippen molar-refractivity contribution in [1.29, 1.82) is 5.26 Å². The molecular formula is C32H41N3O4. The van der Waals surface area contributed by atoms with Gasteiger partial charge in [0.05, 0.1) is 17.2 Å². The van der Waals surface area contributed by atoms with Gasteiger partial charge in [-0.1, -0.05) is 38.8 Å². The number of phenolic OH excluding ortho intramolecular Hbond substituents is 1. The second kappa shape index (κ2) is 10.7. The van der Waals surface area contributed by atoms with Crippen LogP contribution in [0.15, 0.2) is 40.5 Å². The summed E-state index contributed by atoms with van der Waals surface area (Å²) in [6.45, 7) is 9.97. The number of hydrogen-bond acceptors (Lipinski definition) is 6. The maximum absolute atomic E-state index is 14.2. The van der Waals surface area contributed by atoms with Gasteiger partial charge in [0.15, 0.2) is 5.78 Å². The Morgan fingerprint density at radius 3 is 2.56 bits per heavy atom. The van der Waals surface area contributed by atoms with Gasteiger partial charge in [-0.05, 0) is 87.4 Å². The van der Waals surface area contributed by atoms with Crippen molar-refractivity contribution in [2.24, 2.45) is 11.8 Å². The van der Waals surface area contributed by atoms with Gasteiger partial charge in [-0.2, -0.15) is 5.26 Å². The number of nitriles is 1. The van der Waals surface area contributed by atoms with E-state index >= 15 is 0 Å². The second-order valence-electron chi connectivity index (χ2n) is 11.6. The number of aromatic hydroxyl groups is 1. The van der Waals surface area contributed by atoms with Crippen molar-refractivity contribution in [3.8, 4) is 11.8 Å². The molecule has 4 rings (SSSR count). The molecule has 0 heterocycles. The van der Waals surface area contributed by atoms with E-state index in [0.717, 1.165) is 48.8 Å². The summed E-state index contributed by atoms with van der Waals surface area (Å²) in [5.74, 6) is -1.60. The van der Waals surface area contributed by atoms with Gasteiger partial charge in [0.25, 0.3) is 5.91 Å². The monoisotopic (exact) mass is 531 g/mol. The predicted molar refractivity (Wildman–Crippen MR) is 151 cm³/mol. The van der Waals surface area contributed by atoms with Crippen molar-refractivity contribution in [1.82, 2.24) is 10.2 Å². The van der Waals surface area contributed by atoms with Crippen LogP contribution in [0.5, 0.6) is 5.75 Å². The van der Waals surface area contributed by atoms with Crippen molar-refractivity contribution in [3.05, 3.63) is 62.8 Å². The third-order valence-corrected chi connectivity index (χ3v) is 9.15. The van der Waals surface area contributed by atoms with E-state index < -0.39 is 17.3 Å². The lowest BCUT2D eigenvalue weighted by Crippen LogP contribution is -2.59. The fourth-order valence-corrected chi connectivity index (χ4v) is 7.36. The molecule has 3 N–H and O–H groups in total. The number of fused-ring (bicyclic) bond motifs is 3.